The number of phenols is 1. The van der Waals surface area contributed by atoms with Crippen molar-refractivity contribution in [2.75, 3.05) is 0 Å². The molecule has 0 aliphatic rings. The summed E-state index contributed by atoms with van der Waals surface area (Å²) in [7, 11) is 0. The minimum absolute atomic E-state index is 0.157. The monoisotopic (exact) mass is 195 g/mol. The highest BCUT2D eigenvalue weighted by atomic mass is 16.4. The molecular weight excluding hydrogens is 182 g/mol. The molecule has 0 aliphatic carbocycles. The average Bonchev–Trinajstić information content (AvgIpc) is 2.16. The van der Waals surface area contributed by atoms with Crippen molar-refractivity contribution in [1.82, 2.24) is 0 Å². The number of carboxylic acid groups (broad SMARTS) is 1. The van der Waals surface area contributed by atoms with Crippen LogP contribution in [0.3, 0.4) is 0 Å². The number of phenolic OH excluding ortho intramolecular Hbond substituents is 1. The Kier molecular flexibility index (Phi) is 3.09. The van der Waals surface area contributed by atoms with Crippen molar-refractivity contribution < 1.29 is 15.0 Å². The van der Waals surface area contributed by atoms with Crippen LogP contribution in [0.2, 0.25) is 0 Å². The van der Waals surface area contributed by atoms with Crippen molar-refractivity contribution in [3.05, 3.63) is 29.8 Å². The van der Waals surface area contributed by atoms with E-state index in [0.717, 1.165) is 5.56 Å². The number of hydrogen-bond acceptors (Lipinski definition) is 3. The highest BCUT2D eigenvalue weighted by Crippen LogP contribution is 2.20. The van der Waals surface area contributed by atoms with Gasteiger partial charge in [-0.2, -0.15) is 0 Å². The molecule has 0 fully saturated rings. The summed E-state index contributed by atoms with van der Waals surface area (Å²) in [6.45, 7) is 1.74. The van der Waals surface area contributed by atoms with E-state index in [-0.39, 0.29) is 11.7 Å². The topological polar surface area (TPSA) is 83.5 Å². The summed E-state index contributed by atoms with van der Waals surface area (Å²) in [5.41, 5.74) is 6.27. The van der Waals surface area contributed by atoms with E-state index >= 15 is 0 Å². The van der Waals surface area contributed by atoms with Crippen LogP contribution >= 0.6 is 0 Å². The molecule has 0 bridgehead atoms. The van der Waals surface area contributed by atoms with E-state index in [9.17, 15) is 4.79 Å². The zero-order valence-corrected chi connectivity index (χ0v) is 7.84. The molecule has 4 heteroatoms. The lowest BCUT2D eigenvalue weighted by Crippen LogP contribution is -2.35. The lowest BCUT2D eigenvalue weighted by molar-refractivity contribution is -0.139. The standard InChI is InChI=1S/C10H13NO3/c1-6(9(11)10(13)14)7-2-4-8(12)5-3-7/h2-6,9,12H,11H2,1H3,(H,13,14)/t6-,9?/m1/s1. The molecule has 1 unspecified atom stereocenters. The molecule has 2 atom stereocenters. The second-order valence-electron chi connectivity index (χ2n) is 3.24. The minimum atomic E-state index is -1.02. The number of carboxylic acids is 1. The second-order valence-corrected chi connectivity index (χ2v) is 3.24. The summed E-state index contributed by atoms with van der Waals surface area (Å²) in [5, 5.41) is 17.7. The largest absolute Gasteiger partial charge is 0.508 e. The van der Waals surface area contributed by atoms with E-state index in [0.29, 0.717) is 0 Å². The first-order valence-corrected chi connectivity index (χ1v) is 4.29. The van der Waals surface area contributed by atoms with E-state index in [1.54, 1.807) is 19.1 Å². The van der Waals surface area contributed by atoms with E-state index in [2.05, 4.69) is 0 Å². The molecule has 0 amide bonds. The fourth-order valence-corrected chi connectivity index (χ4v) is 1.20. The van der Waals surface area contributed by atoms with Gasteiger partial charge in [-0.3, -0.25) is 4.79 Å². The lowest BCUT2D eigenvalue weighted by Gasteiger charge is -2.15. The van der Waals surface area contributed by atoms with Gasteiger partial charge in [0.2, 0.25) is 0 Å². The first-order chi connectivity index (χ1) is 6.52. The van der Waals surface area contributed by atoms with Crippen LogP contribution in [0.1, 0.15) is 18.4 Å². The van der Waals surface area contributed by atoms with E-state index in [4.69, 9.17) is 15.9 Å². The van der Waals surface area contributed by atoms with Gasteiger partial charge in [-0.05, 0) is 17.7 Å². The van der Waals surface area contributed by atoms with Crippen LogP contribution < -0.4 is 5.73 Å². The quantitative estimate of drug-likeness (QED) is 0.669. The summed E-state index contributed by atoms with van der Waals surface area (Å²) in [4.78, 5) is 10.6. The predicted octanol–water partition coefficient (Wildman–Crippen LogP) is 0.908. The zero-order valence-electron chi connectivity index (χ0n) is 7.84. The first kappa shape index (κ1) is 10.5. The predicted molar refractivity (Wildman–Crippen MR) is 52.1 cm³/mol. The van der Waals surface area contributed by atoms with Crippen LogP contribution in [0, 0.1) is 0 Å². The molecule has 0 saturated heterocycles. The van der Waals surface area contributed by atoms with Gasteiger partial charge in [0, 0.05) is 5.92 Å². The molecule has 4 N–H and O–H groups in total. The summed E-state index contributed by atoms with van der Waals surface area (Å²) >= 11 is 0. The highest BCUT2D eigenvalue weighted by molar-refractivity contribution is 5.74. The zero-order chi connectivity index (χ0) is 10.7. The van der Waals surface area contributed by atoms with Crippen LogP contribution in [0.5, 0.6) is 5.75 Å². The van der Waals surface area contributed by atoms with Gasteiger partial charge in [0.15, 0.2) is 0 Å². The van der Waals surface area contributed by atoms with Crippen molar-refractivity contribution in [1.29, 1.82) is 0 Å². The van der Waals surface area contributed by atoms with Gasteiger partial charge in [0.05, 0.1) is 0 Å². The normalized spacial score (nSPS) is 14.7. The summed E-state index contributed by atoms with van der Waals surface area (Å²) < 4.78 is 0. The Balaban J connectivity index is 2.84. The van der Waals surface area contributed by atoms with Crippen molar-refractivity contribution in [2.24, 2.45) is 5.73 Å². The summed E-state index contributed by atoms with van der Waals surface area (Å²) in [6.07, 6.45) is 0. The molecule has 1 aromatic carbocycles. The smallest absolute Gasteiger partial charge is 0.321 e. The molecule has 1 aromatic rings. The van der Waals surface area contributed by atoms with Gasteiger partial charge in [0.25, 0.3) is 0 Å². The Morgan fingerprint density at radius 2 is 1.86 bits per heavy atom. The molecule has 14 heavy (non-hydrogen) atoms. The third-order valence-corrected chi connectivity index (χ3v) is 2.24. The van der Waals surface area contributed by atoms with E-state index in [1.807, 2.05) is 0 Å². The number of carbonyl (C=O) groups is 1. The number of rotatable bonds is 3. The van der Waals surface area contributed by atoms with Crippen LogP contribution in [0.25, 0.3) is 0 Å². The average molecular weight is 195 g/mol. The maximum Gasteiger partial charge on any atom is 0.321 e. The molecule has 0 aromatic heterocycles. The first-order valence-electron chi connectivity index (χ1n) is 4.29. The van der Waals surface area contributed by atoms with Crippen molar-refractivity contribution in [3.8, 4) is 5.75 Å². The third-order valence-electron chi connectivity index (χ3n) is 2.24. The van der Waals surface area contributed by atoms with Crippen molar-refractivity contribution in [2.45, 2.75) is 18.9 Å². The molecule has 0 heterocycles. The van der Waals surface area contributed by atoms with Gasteiger partial charge in [0.1, 0.15) is 11.8 Å². The number of benzene rings is 1. The fraction of sp³-hybridized carbons (Fsp3) is 0.300. The highest BCUT2D eigenvalue weighted by Gasteiger charge is 2.21. The molecule has 76 valence electrons. The van der Waals surface area contributed by atoms with Gasteiger partial charge >= 0.3 is 5.97 Å². The lowest BCUT2D eigenvalue weighted by atomic mass is 9.94. The van der Waals surface area contributed by atoms with E-state index in [1.165, 1.54) is 12.1 Å². The Labute approximate surface area is 82.0 Å². The van der Waals surface area contributed by atoms with E-state index < -0.39 is 12.0 Å². The van der Waals surface area contributed by atoms with Gasteiger partial charge in [-0.1, -0.05) is 19.1 Å². The fourth-order valence-electron chi connectivity index (χ4n) is 1.20. The SMILES string of the molecule is C[C@H](c1ccc(O)cc1)C(N)C(=O)O. The summed E-state index contributed by atoms with van der Waals surface area (Å²) in [5.74, 6) is -1.14. The van der Waals surface area contributed by atoms with Crippen molar-refractivity contribution in [3.63, 3.8) is 0 Å². The Hall–Kier alpha value is -1.55. The molecule has 0 saturated carbocycles. The van der Waals surface area contributed by atoms with Gasteiger partial charge in [-0.15, -0.1) is 0 Å². The minimum Gasteiger partial charge on any atom is -0.508 e. The van der Waals surface area contributed by atoms with Crippen LogP contribution in [0.15, 0.2) is 24.3 Å². The molecular formula is C10H13NO3. The third kappa shape index (κ3) is 2.23. The molecule has 0 spiro atoms. The Bertz CT molecular complexity index is 321. The maximum absolute atomic E-state index is 10.6. The Morgan fingerprint density at radius 3 is 2.29 bits per heavy atom. The molecule has 1 rings (SSSR count). The number of aromatic hydroxyl groups is 1. The molecule has 0 radical (unpaired) electrons. The maximum atomic E-state index is 10.6. The number of aliphatic carboxylic acids is 1. The molecule has 0 aliphatic heterocycles. The van der Waals surface area contributed by atoms with Crippen LogP contribution in [0.4, 0.5) is 0 Å². The van der Waals surface area contributed by atoms with Crippen LogP contribution in [-0.2, 0) is 4.79 Å². The Morgan fingerprint density at radius 1 is 1.36 bits per heavy atom. The summed E-state index contributed by atoms with van der Waals surface area (Å²) in [6, 6.07) is 5.45. The second kappa shape index (κ2) is 4.11. The van der Waals surface area contributed by atoms with Gasteiger partial charge in [-0.25, -0.2) is 0 Å². The van der Waals surface area contributed by atoms with Crippen LogP contribution in [-0.4, -0.2) is 22.2 Å². The number of hydrogen-bond donors (Lipinski definition) is 3. The van der Waals surface area contributed by atoms with Gasteiger partial charge < -0.3 is 15.9 Å². The number of nitrogens with two attached hydrogens (primary N) is 1. The van der Waals surface area contributed by atoms with Crippen molar-refractivity contribution >= 4 is 5.97 Å². The molecule has 4 nitrogen and oxygen atoms in total.